The highest BCUT2D eigenvalue weighted by atomic mass is 16.6. The summed E-state index contributed by atoms with van der Waals surface area (Å²) in [7, 11) is 3.21. The van der Waals surface area contributed by atoms with Crippen LogP contribution in [0.3, 0.4) is 0 Å². The van der Waals surface area contributed by atoms with Crippen molar-refractivity contribution in [3.63, 3.8) is 0 Å². The van der Waals surface area contributed by atoms with Crippen molar-refractivity contribution in [2.24, 2.45) is 0 Å². The molecular weight excluding hydrogens is 520 g/mol. The maximum Gasteiger partial charge on any atom is 0.306 e. The van der Waals surface area contributed by atoms with Gasteiger partial charge in [0.1, 0.15) is 23.7 Å². The molecule has 2 aliphatic rings. The van der Waals surface area contributed by atoms with Gasteiger partial charge in [-0.1, -0.05) is 36.4 Å². The molecule has 40 heavy (non-hydrogen) atoms. The van der Waals surface area contributed by atoms with Gasteiger partial charge in [0.15, 0.2) is 6.10 Å². The fourth-order valence-electron chi connectivity index (χ4n) is 4.40. The monoisotopic (exact) mass is 560 g/mol. The van der Waals surface area contributed by atoms with Crippen molar-refractivity contribution in [2.75, 3.05) is 40.6 Å². The molecule has 0 aromatic heterocycles. The van der Waals surface area contributed by atoms with E-state index in [0.717, 1.165) is 22.6 Å². The van der Waals surface area contributed by atoms with E-state index in [9.17, 15) is 19.8 Å². The van der Waals surface area contributed by atoms with Gasteiger partial charge in [-0.05, 0) is 36.1 Å². The Kier molecular flexibility index (Phi) is 13.2. The number of hydrogen-bond donors (Lipinski definition) is 2. The molecule has 4 rings (SSSR count). The first-order valence-corrected chi connectivity index (χ1v) is 13.6. The van der Waals surface area contributed by atoms with Crippen LogP contribution in [0.5, 0.6) is 11.5 Å². The topological polar surface area (TPSA) is 130 Å². The van der Waals surface area contributed by atoms with Crippen LogP contribution in [0.15, 0.2) is 48.5 Å². The van der Waals surface area contributed by atoms with Gasteiger partial charge < -0.3 is 38.6 Å². The predicted octanol–water partition coefficient (Wildman–Crippen LogP) is 2.64. The Balaban J connectivity index is 0.000000220. The number of aliphatic hydroxyl groups excluding tert-OH is 2. The van der Waals surface area contributed by atoms with Gasteiger partial charge >= 0.3 is 11.9 Å². The number of methoxy groups -OCH3 is 2. The number of rotatable bonds is 10. The average Bonchev–Trinajstić information content (AvgIpc) is 2.98. The Bertz CT molecular complexity index is 975. The fourth-order valence-corrected chi connectivity index (χ4v) is 4.40. The zero-order valence-corrected chi connectivity index (χ0v) is 23.2. The van der Waals surface area contributed by atoms with E-state index in [1.165, 1.54) is 0 Å². The molecular formula is C30H40O10. The van der Waals surface area contributed by atoms with Gasteiger partial charge in [0.25, 0.3) is 0 Å². The molecule has 0 unspecified atom stereocenters. The first-order chi connectivity index (χ1) is 19.4. The molecule has 10 nitrogen and oxygen atoms in total. The van der Waals surface area contributed by atoms with Crippen molar-refractivity contribution in [1.29, 1.82) is 0 Å². The summed E-state index contributed by atoms with van der Waals surface area (Å²) in [5.74, 6) is 0.903. The van der Waals surface area contributed by atoms with Crippen LogP contribution in [0.25, 0.3) is 0 Å². The second-order valence-electron chi connectivity index (χ2n) is 9.54. The standard InChI is InChI=1S/2C15H20O5/c1-18-13-5-3-2-4-11(13)6-7-15(17)20-14-8-9-19-10-12(14)16;1-18-13-5-3-2-4-11(13)6-7-15(17)20-14-10-19-9-8-12(14)16/h2*2-5,12,14,16H,6-10H2,1H3/t2*12-,14-/m11/s1. The third-order valence-corrected chi connectivity index (χ3v) is 6.68. The molecule has 2 aromatic rings. The summed E-state index contributed by atoms with van der Waals surface area (Å²) in [5, 5.41) is 19.4. The number of carbonyl (C=O) groups excluding carboxylic acids is 2. The van der Waals surface area contributed by atoms with E-state index in [0.29, 0.717) is 38.9 Å². The minimum Gasteiger partial charge on any atom is -0.496 e. The molecule has 0 aliphatic carbocycles. The highest BCUT2D eigenvalue weighted by Crippen LogP contribution is 2.21. The molecule has 2 N–H and O–H groups in total. The van der Waals surface area contributed by atoms with Crippen LogP contribution >= 0.6 is 0 Å². The molecule has 2 aliphatic heterocycles. The highest BCUT2D eigenvalue weighted by Gasteiger charge is 2.28. The van der Waals surface area contributed by atoms with Crippen LogP contribution in [0.2, 0.25) is 0 Å². The van der Waals surface area contributed by atoms with Crippen molar-refractivity contribution >= 4 is 11.9 Å². The van der Waals surface area contributed by atoms with E-state index < -0.39 is 24.4 Å². The van der Waals surface area contributed by atoms with Crippen molar-refractivity contribution in [2.45, 2.75) is 62.9 Å². The Morgan fingerprint density at radius 3 is 1.75 bits per heavy atom. The molecule has 2 aromatic carbocycles. The van der Waals surface area contributed by atoms with Gasteiger partial charge in [-0.3, -0.25) is 9.59 Å². The zero-order chi connectivity index (χ0) is 28.7. The predicted molar refractivity (Wildman–Crippen MR) is 145 cm³/mol. The van der Waals surface area contributed by atoms with Crippen molar-refractivity contribution < 1.29 is 48.2 Å². The molecule has 4 atom stereocenters. The van der Waals surface area contributed by atoms with E-state index in [4.69, 9.17) is 28.4 Å². The Labute approximate surface area is 235 Å². The number of hydrogen-bond acceptors (Lipinski definition) is 10. The first kappa shape index (κ1) is 31.3. The molecule has 2 saturated heterocycles. The summed E-state index contributed by atoms with van der Waals surface area (Å²) in [6, 6.07) is 15.2. The lowest BCUT2D eigenvalue weighted by Crippen LogP contribution is -2.40. The van der Waals surface area contributed by atoms with Gasteiger partial charge in [-0.2, -0.15) is 0 Å². The van der Waals surface area contributed by atoms with Crippen LogP contribution in [0, 0.1) is 0 Å². The normalized spacial score (nSPS) is 22.3. The number of ether oxygens (including phenoxy) is 6. The van der Waals surface area contributed by atoms with Crippen LogP contribution in [0.4, 0.5) is 0 Å². The first-order valence-electron chi connectivity index (χ1n) is 13.6. The van der Waals surface area contributed by atoms with Crippen LogP contribution in [-0.2, 0) is 41.4 Å². The molecule has 0 amide bonds. The SMILES string of the molecule is COc1ccccc1CCC(=O)O[C@@H]1CCOC[C@H]1O.COc1ccccc1CCC(=O)O[C@@H]1COCC[C@H]1O. The summed E-state index contributed by atoms with van der Waals surface area (Å²) in [5.41, 5.74) is 1.94. The summed E-state index contributed by atoms with van der Waals surface area (Å²) in [6.07, 6.45) is 0.329. The molecule has 10 heteroatoms. The van der Waals surface area contributed by atoms with Gasteiger partial charge in [-0.25, -0.2) is 0 Å². The molecule has 2 heterocycles. The lowest BCUT2D eigenvalue weighted by atomic mass is 10.1. The quantitative estimate of drug-likeness (QED) is 0.418. The minimum atomic E-state index is -0.723. The van der Waals surface area contributed by atoms with E-state index in [1.54, 1.807) is 14.2 Å². The van der Waals surface area contributed by atoms with E-state index in [1.807, 2.05) is 48.5 Å². The van der Waals surface area contributed by atoms with E-state index in [2.05, 4.69) is 0 Å². The van der Waals surface area contributed by atoms with Crippen LogP contribution in [-0.4, -0.2) is 87.2 Å². The van der Waals surface area contributed by atoms with Crippen molar-refractivity contribution in [3.05, 3.63) is 59.7 Å². The number of para-hydroxylation sites is 2. The second-order valence-corrected chi connectivity index (χ2v) is 9.54. The maximum absolute atomic E-state index is 11.8. The smallest absolute Gasteiger partial charge is 0.306 e. The molecule has 0 spiro atoms. The van der Waals surface area contributed by atoms with Gasteiger partial charge in [0.05, 0.1) is 40.1 Å². The largest absolute Gasteiger partial charge is 0.496 e. The van der Waals surface area contributed by atoms with E-state index in [-0.39, 0.29) is 38.0 Å². The summed E-state index contributed by atoms with van der Waals surface area (Å²) in [6.45, 7) is 1.52. The third kappa shape index (κ3) is 10.1. The Morgan fingerprint density at radius 1 is 0.725 bits per heavy atom. The number of aliphatic hydroxyl groups is 2. The van der Waals surface area contributed by atoms with Crippen LogP contribution in [0.1, 0.15) is 36.8 Å². The van der Waals surface area contributed by atoms with E-state index >= 15 is 0 Å². The van der Waals surface area contributed by atoms with Gasteiger partial charge in [-0.15, -0.1) is 0 Å². The molecule has 0 radical (unpaired) electrons. The fraction of sp³-hybridized carbons (Fsp3) is 0.533. The molecule has 2 fully saturated rings. The van der Waals surface area contributed by atoms with Crippen molar-refractivity contribution in [1.82, 2.24) is 0 Å². The highest BCUT2D eigenvalue weighted by molar-refractivity contribution is 5.70. The number of benzene rings is 2. The Hall–Kier alpha value is -3.18. The molecule has 220 valence electrons. The number of aryl methyl sites for hydroxylation is 2. The number of carbonyl (C=O) groups is 2. The maximum atomic E-state index is 11.8. The Morgan fingerprint density at radius 2 is 1.23 bits per heavy atom. The molecule has 0 saturated carbocycles. The lowest BCUT2D eigenvalue weighted by molar-refractivity contribution is -0.167. The zero-order valence-electron chi connectivity index (χ0n) is 23.2. The van der Waals surface area contributed by atoms with Gasteiger partial charge in [0, 0.05) is 32.3 Å². The lowest BCUT2D eigenvalue weighted by Gasteiger charge is -2.27. The van der Waals surface area contributed by atoms with Crippen LogP contribution < -0.4 is 9.47 Å². The average molecular weight is 561 g/mol. The molecule has 0 bridgehead atoms. The van der Waals surface area contributed by atoms with Gasteiger partial charge in [0.2, 0.25) is 0 Å². The summed E-state index contributed by atoms with van der Waals surface area (Å²) in [4.78, 5) is 23.6. The minimum absolute atomic E-state index is 0.227. The number of esters is 2. The summed E-state index contributed by atoms with van der Waals surface area (Å²) < 4.78 is 31.3. The summed E-state index contributed by atoms with van der Waals surface area (Å²) >= 11 is 0. The third-order valence-electron chi connectivity index (χ3n) is 6.68. The second kappa shape index (κ2) is 16.8. The van der Waals surface area contributed by atoms with Crippen molar-refractivity contribution in [3.8, 4) is 11.5 Å².